The van der Waals surface area contributed by atoms with Gasteiger partial charge in [-0.25, -0.2) is 4.79 Å². The molecule has 0 bridgehead atoms. The average Bonchev–Trinajstić information content (AvgIpc) is 3.11. The monoisotopic (exact) mass is 436 g/mol. The highest BCUT2D eigenvalue weighted by molar-refractivity contribution is 5.86. The van der Waals surface area contributed by atoms with Crippen molar-refractivity contribution in [3.63, 3.8) is 0 Å². The molecule has 168 valence electrons. The van der Waals surface area contributed by atoms with Crippen LogP contribution in [0.25, 0.3) is 11.1 Å². The van der Waals surface area contributed by atoms with Gasteiger partial charge in [-0.1, -0.05) is 55.5 Å². The van der Waals surface area contributed by atoms with Crippen LogP contribution in [0.1, 0.15) is 37.3 Å². The summed E-state index contributed by atoms with van der Waals surface area (Å²) in [5.74, 6) is -1.82. The second-order valence-corrected chi connectivity index (χ2v) is 8.69. The number of fused-ring (bicyclic) bond motifs is 3. The van der Waals surface area contributed by atoms with Gasteiger partial charge < -0.3 is 20.1 Å². The molecule has 7 nitrogen and oxygen atoms in total. The summed E-state index contributed by atoms with van der Waals surface area (Å²) < 4.78 is 5.51. The maximum Gasteiger partial charge on any atom is 0.407 e. The number of amides is 2. The first-order chi connectivity index (χ1) is 15.4. The molecule has 3 atom stereocenters. The number of hydrogen-bond acceptors (Lipinski definition) is 4. The van der Waals surface area contributed by atoms with Crippen LogP contribution >= 0.6 is 0 Å². The van der Waals surface area contributed by atoms with E-state index >= 15 is 0 Å². The second kappa shape index (κ2) is 9.02. The molecule has 0 radical (unpaired) electrons. The maximum atomic E-state index is 12.8. The fourth-order valence-electron chi connectivity index (χ4n) is 4.74. The number of aliphatic carboxylic acids is 1. The van der Waals surface area contributed by atoms with E-state index < -0.39 is 24.0 Å². The minimum absolute atomic E-state index is 0.0157. The van der Waals surface area contributed by atoms with Crippen molar-refractivity contribution < 1.29 is 24.2 Å². The third-order valence-electron chi connectivity index (χ3n) is 6.64. The quantitative estimate of drug-likeness (QED) is 0.748. The number of piperidine rings is 1. The Labute approximate surface area is 187 Å². The van der Waals surface area contributed by atoms with Gasteiger partial charge in [0.1, 0.15) is 12.6 Å². The van der Waals surface area contributed by atoms with E-state index in [2.05, 4.69) is 17.4 Å². The van der Waals surface area contributed by atoms with Crippen molar-refractivity contribution in [2.24, 2.45) is 11.8 Å². The zero-order valence-electron chi connectivity index (χ0n) is 18.3. The molecule has 3 unspecified atom stereocenters. The van der Waals surface area contributed by atoms with Crippen molar-refractivity contribution in [1.29, 1.82) is 0 Å². The van der Waals surface area contributed by atoms with Crippen molar-refractivity contribution in [2.75, 3.05) is 19.7 Å². The number of hydrogen-bond donors (Lipinski definition) is 2. The van der Waals surface area contributed by atoms with Crippen LogP contribution in [0.5, 0.6) is 0 Å². The van der Waals surface area contributed by atoms with Crippen LogP contribution in [0.4, 0.5) is 4.79 Å². The van der Waals surface area contributed by atoms with Gasteiger partial charge in [-0.2, -0.15) is 0 Å². The Morgan fingerprint density at radius 1 is 1.09 bits per heavy atom. The Hall–Kier alpha value is -3.35. The Balaban J connectivity index is 1.35. The lowest BCUT2D eigenvalue weighted by Gasteiger charge is -2.36. The molecule has 4 rings (SSSR count). The smallest absolute Gasteiger partial charge is 0.407 e. The van der Waals surface area contributed by atoms with Crippen LogP contribution in [0, 0.1) is 11.8 Å². The fraction of sp³-hybridized carbons (Fsp3) is 0.400. The highest BCUT2D eigenvalue weighted by Crippen LogP contribution is 2.44. The van der Waals surface area contributed by atoms with E-state index in [0.717, 1.165) is 22.3 Å². The molecule has 2 aromatic carbocycles. The number of alkyl carbamates (subject to hydrolysis) is 1. The number of carboxylic acids is 1. The number of rotatable bonds is 5. The molecule has 7 heteroatoms. The van der Waals surface area contributed by atoms with E-state index in [1.165, 1.54) is 4.90 Å². The summed E-state index contributed by atoms with van der Waals surface area (Å²) in [5.41, 5.74) is 4.53. The summed E-state index contributed by atoms with van der Waals surface area (Å²) in [5, 5.41) is 12.0. The van der Waals surface area contributed by atoms with E-state index in [4.69, 9.17) is 4.74 Å². The van der Waals surface area contributed by atoms with E-state index in [0.29, 0.717) is 13.0 Å². The van der Waals surface area contributed by atoms with E-state index in [1.54, 1.807) is 6.92 Å². The van der Waals surface area contributed by atoms with Gasteiger partial charge in [-0.3, -0.25) is 9.59 Å². The number of ether oxygens (including phenoxy) is 1. The molecule has 0 aromatic heterocycles. The Morgan fingerprint density at radius 2 is 1.69 bits per heavy atom. The molecule has 2 amide bonds. The summed E-state index contributed by atoms with van der Waals surface area (Å²) in [6, 6.07) is 15.4. The molecule has 2 N–H and O–H groups in total. The Morgan fingerprint density at radius 3 is 2.28 bits per heavy atom. The first-order valence-corrected chi connectivity index (χ1v) is 11.0. The van der Waals surface area contributed by atoms with Gasteiger partial charge in [0.05, 0.1) is 5.92 Å². The molecule has 0 spiro atoms. The Bertz CT molecular complexity index is 991. The number of carbonyl (C=O) groups is 3. The lowest BCUT2D eigenvalue weighted by Crippen LogP contribution is -2.52. The van der Waals surface area contributed by atoms with Crippen LogP contribution in [-0.2, 0) is 14.3 Å². The minimum Gasteiger partial charge on any atom is -0.481 e. The van der Waals surface area contributed by atoms with Gasteiger partial charge in [0.25, 0.3) is 0 Å². The molecule has 1 saturated heterocycles. The molecule has 32 heavy (non-hydrogen) atoms. The molecule has 2 aromatic rings. The number of carbonyl (C=O) groups excluding carboxylic acids is 2. The number of benzene rings is 2. The third-order valence-corrected chi connectivity index (χ3v) is 6.64. The van der Waals surface area contributed by atoms with Crippen LogP contribution < -0.4 is 5.32 Å². The van der Waals surface area contributed by atoms with Crippen LogP contribution in [0.3, 0.4) is 0 Å². The highest BCUT2D eigenvalue weighted by atomic mass is 16.5. The molecule has 1 heterocycles. The van der Waals surface area contributed by atoms with E-state index in [1.807, 2.05) is 43.3 Å². The van der Waals surface area contributed by atoms with Gasteiger partial charge >= 0.3 is 12.1 Å². The largest absolute Gasteiger partial charge is 0.481 e. The van der Waals surface area contributed by atoms with Crippen molar-refractivity contribution in [2.45, 2.75) is 32.2 Å². The number of nitrogens with zero attached hydrogens (tertiary/aromatic N) is 1. The molecule has 0 saturated carbocycles. The molecule has 1 aliphatic carbocycles. The average molecular weight is 437 g/mol. The number of carboxylic acid groups (broad SMARTS) is 1. The van der Waals surface area contributed by atoms with E-state index in [-0.39, 0.29) is 30.9 Å². The zero-order valence-corrected chi connectivity index (χ0v) is 18.3. The van der Waals surface area contributed by atoms with Crippen LogP contribution in [-0.4, -0.2) is 53.7 Å². The summed E-state index contributed by atoms with van der Waals surface area (Å²) >= 11 is 0. The van der Waals surface area contributed by atoms with Gasteiger partial charge in [-0.15, -0.1) is 0 Å². The minimum atomic E-state index is -0.896. The molecule has 1 aliphatic heterocycles. The summed E-state index contributed by atoms with van der Waals surface area (Å²) in [4.78, 5) is 38.2. The van der Waals surface area contributed by atoms with E-state index in [9.17, 15) is 19.5 Å². The standard InChI is InChI=1S/C25H28N2O5/c1-15-11-12-27(13-21(15)24(29)30)23(28)16(2)26-25(31)32-14-22-19-9-5-3-7-17(19)18-8-4-6-10-20(18)22/h3-10,15-16,21-22H,11-14H2,1-2H3,(H,26,31)(H,29,30). The van der Waals surface area contributed by atoms with Crippen LogP contribution in [0.15, 0.2) is 48.5 Å². The maximum absolute atomic E-state index is 12.8. The number of nitrogens with one attached hydrogen (secondary N) is 1. The SMILES string of the molecule is CC(NC(=O)OCC1c2ccccc2-c2ccccc21)C(=O)N1CCC(C)C(C(=O)O)C1. The number of likely N-dealkylation sites (tertiary alicyclic amines) is 1. The van der Waals surface area contributed by atoms with Gasteiger partial charge in [0, 0.05) is 19.0 Å². The first-order valence-electron chi connectivity index (χ1n) is 11.0. The van der Waals surface area contributed by atoms with Crippen molar-refractivity contribution >= 4 is 18.0 Å². The van der Waals surface area contributed by atoms with Crippen LogP contribution in [0.2, 0.25) is 0 Å². The van der Waals surface area contributed by atoms with Gasteiger partial charge in [0.2, 0.25) is 5.91 Å². The van der Waals surface area contributed by atoms with Crippen molar-refractivity contribution in [3.8, 4) is 11.1 Å². The first kappa shape index (κ1) is 21.9. The Kier molecular flexibility index (Phi) is 6.17. The molecule has 1 fully saturated rings. The summed E-state index contributed by atoms with van der Waals surface area (Å²) in [6.45, 7) is 4.30. The summed E-state index contributed by atoms with van der Waals surface area (Å²) in [7, 11) is 0. The second-order valence-electron chi connectivity index (χ2n) is 8.69. The van der Waals surface area contributed by atoms with Gasteiger partial charge in [-0.05, 0) is 41.5 Å². The van der Waals surface area contributed by atoms with Crippen molar-refractivity contribution in [1.82, 2.24) is 10.2 Å². The third kappa shape index (κ3) is 4.20. The molecule has 2 aliphatic rings. The molecular weight excluding hydrogens is 408 g/mol. The highest BCUT2D eigenvalue weighted by Gasteiger charge is 2.35. The summed E-state index contributed by atoms with van der Waals surface area (Å²) in [6.07, 6.45) is -0.0340. The fourth-order valence-corrected chi connectivity index (χ4v) is 4.74. The normalized spacial score (nSPS) is 20.8. The predicted molar refractivity (Wildman–Crippen MR) is 119 cm³/mol. The predicted octanol–water partition coefficient (Wildman–Crippen LogP) is 3.48. The van der Waals surface area contributed by atoms with Crippen molar-refractivity contribution in [3.05, 3.63) is 59.7 Å². The van der Waals surface area contributed by atoms with Gasteiger partial charge in [0.15, 0.2) is 0 Å². The lowest BCUT2D eigenvalue weighted by atomic mass is 9.87. The zero-order chi connectivity index (χ0) is 22.8. The lowest BCUT2D eigenvalue weighted by molar-refractivity contribution is -0.148. The molecular formula is C25H28N2O5. The topological polar surface area (TPSA) is 95.9 Å².